The lowest BCUT2D eigenvalue weighted by Crippen LogP contribution is -2.51. The summed E-state index contributed by atoms with van der Waals surface area (Å²) in [6.45, 7) is 2.46. The monoisotopic (exact) mass is 307 g/mol. The summed E-state index contributed by atoms with van der Waals surface area (Å²) < 4.78 is 29.4. The maximum absolute atomic E-state index is 11.7. The van der Waals surface area contributed by atoms with E-state index in [-0.39, 0.29) is 17.6 Å². The van der Waals surface area contributed by atoms with Crippen molar-refractivity contribution in [1.29, 1.82) is 0 Å². The first-order valence-electron chi connectivity index (χ1n) is 7.00. The van der Waals surface area contributed by atoms with E-state index in [4.69, 9.17) is 10.5 Å². The Hall–Kier alpha value is 0.220. The van der Waals surface area contributed by atoms with E-state index in [9.17, 15) is 8.42 Å². The van der Waals surface area contributed by atoms with E-state index in [2.05, 4.69) is 0 Å². The highest BCUT2D eigenvalue weighted by Crippen LogP contribution is 2.41. The van der Waals surface area contributed by atoms with Crippen LogP contribution in [0.1, 0.15) is 32.6 Å². The van der Waals surface area contributed by atoms with Crippen LogP contribution in [0, 0.1) is 5.92 Å². The van der Waals surface area contributed by atoms with Crippen molar-refractivity contribution in [3.63, 3.8) is 0 Å². The van der Waals surface area contributed by atoms with E-state index >= 15 is 0 Å². The second-order valence-corrected chi connectivity index (χ2v) is 9.64. The van der Waals surface area contributed by atoms with Gasteiger partial charge in [-0.15, -0.1) is 0 Å². The quantitative estimate of drug-likeness (QED) is 0.854. The van der Waals surface area contributed by atoms with Crippen LogP contribution >= 0.6 is 11.8 Å². The van der Waals surface area contributed by atoms with Crippen molar-refractivity contribution in [1.82, 2.24) is 0 Å². The lowest BCUT2D eigenvalue weighted by molar-refractivity contribution is -0.105. The molecule has 2 aliphatic rings. The molecule has 0 amide bonds. The zero-order valence-electron chi connectivity index (χ0n) is 11.8. The third-order valence-electron chi connectivity index (χ3n) is 4.70. The third kappa shape index (κ3) is 3.65. The fourth-order valence-electron chi connectivity index (χ4n) is 3.15. The molecule has 3 unspecified atom stereocenters. The van der Waals surface area contributed by atoms with Crippen molar-refractivity contribution in [2.24, 2.45) is 11.7 Å². The zero-order chi connectivity index (χ0) is 14.1. The zero-order valence-corrected chi connectivity index (χ0v) is 13.4. The van der Waals surface area contributed by atoms with Crippen LogP contribution in [0.15, 0.2) is 0 Å². The number of thioether (sulfide) groups is 1. The van der Waals surface area contributed by atoms with Gasteiger partial charge >= 0.3 is 0 Å². The highest BCUT2D eigenvalue weighted by atomic mass is 32.2. The predicted molar refractivity (Wildman–Crippen MR) is 80.2 cm³/mol. The van der Waals surface area contributed by atoms with Crippen LogP contribution in [0.25, 0.3) is 0 Å². The summed E-state index contributed by atoms with van der Waals surface area (Å²) in [6.07, 6.45) is 5.25. The van der Waals surface area contributed by atoms with Gasteiger partial charge in [-0.1, -0.05) is 0 Å². The molecule has 0 aromatic rings. The maximum Gasteiger partial charge on any atom is 0.151 e. The molecule has 2 N–H and O–H groups in total. The Morgan fingerprint density at radius 3 is 2.58 bits per heavy atom. The van der Waals surface area contributed by atoms with Crippen molar-refractivity contribution in [2.45, 2.75) is 49.5 Å². The van der Waals surface area contributed by atoms with E-state index in [1.165, 1.54) is 6.26 Å². The van der Waals surface area contributed by atoms with Gasteiger partial charge in [0.15, 0.2) is 9.84 Å². The minimum absolute atomic E-state index is 0.0248. The molecule has 0 radical (unpaired) electrons. The van der Waals surface area contributed by atoms with E-state index in [0.29, 0.717) is 0 Å². The lowest BCUT2D eigenvalue weighted by atomic mass is 9.78. The van der Waals surface area contributed by atoms with E-state index in [1.54, 1.807) is 6.92 Å². The van der Waals surface area contributed by atoms with Gasteiger partial charge in [-0.2, -0.15) is 11.8 Å². The first kappa shape index (κ1) is 15.6. The summed E-state index contributed by atoms with van der Waals surface area (Å²) in [7, 11) is -3.06. The predicted octanol–water partition coefficient (Wildman–Crippen LogP) is 1.44. The Labute approximate surface area is 120 Å². The molecule has 3 atom stereocenters. The molecule has 2 saturated heterocycles. The van der Waals surface area contributed by atoms with Crippen molar-refractivity contribution in [2.75, 3.05) is 24.4 Å². The van der Waals surface area contributed by atoms with Crippen molar-refractivity contribution >= 4 is 21.6 Å². The fraction of sp³-hybridized carbons (Fsp3) is 1.00. The number of hydrogen-bond acceptors (Lipinski definition) is 5. The van der Waals surface area contributed by atoms with E-state index in [1.807, 2.05) is 11.8 Å². The molecule has 2 rings (SSSR count). The Morgan fingerprint density at radius 2 is 2.00 bits per heavy atom. The first-order valence-corrected chi connectivity index (χ1v) is 10.1. The van der Waals surface area contributed by atoms with Gasteiger partial charge in [0.05, 0.1) is 10.9 Å². The van der Waals surface area contributed by atoms with E-state index in [0.717, 1.165) is 43.8 Å². The molecule has 2 fully saturated rings. The molecule has 2 aliphatic heterocycles. The summed E-state index contributed by atoms with van der Waals surface area (Å²) in [5.41, 5.74) is 6.20. The molecule has 1 spiro atoms. The van der Waals surface area contributed by atoms with Gasteiger partial charge in [-0.3, -0.25) is 0 Å². The molecule has 0 aromatic carbocycles. The third-order valence-corrected chi connectivity index (χ3v) is 7.35. The molecule has 4 nitrogen and oxygen atoms in total. The highest BCUT2D eigenvalue weighted by molar-refractivity contribution is 7.99. The van der Waals surface area contributed by atoms with Crippen LogP contribution < -0.4 is 5.73 Å². The highest BCUT2D eigenvalue weighted by Gasteiger charge is 2.42. The van der Waals surface area contributed by atoms with Crippen molar-refractivity contribution in [3.8, 4) is 0 Å². The van der Waals surface area contributed by atoms with Gasteiger partial charge in [-0.25, -0.2) is 8.42 Å². The van der Waals surface area contributed by atoms with Crippen LogP contribution in [-0.4, -0.2) is 49.7 Å². The van der Waals surface area contributed by atoms with Crippen LogP contribution in [0.2, 0.25) is 0 Å². The molecule has 0 aromatic heterocycles. The standard InChI is InChI=1S/C13H25NO3S2/c1-10(19(2,15)16)12(14)11-3-6-17-13(9-11)4-7-18-8-5-13/h10-12H,3-9,14H2,1-2H3. The van der Waals surface area contributed by atoms with Gasteiger partial charge < -0.3 is 10.5 Å². The summed E-state index contributed by atoms with van der Waals surface area (Å²) in [5, 5.41) is -0.467. The lowest BCUT2D eigenvalue weighted by Gasteiger charge is -2.45. The Bertz CT molecular complexity index is 399. The van der Waals surface area contributed by atoms with Gasteiger partial charge in [0.1, 0.15) is 0 Å². The second-order valence-electron chi connectivity index (χ2n) is 6.01. The van der Waals surface area contributed by atoms with Crippen LogP contribution in [0.5, 0.6) is 0 Å². The molecule has 6 heteroatoms. The minimum atomic E-state index is -3.06. The molecular formula is C13H25NO3S2. The smallest absolute Gasteiger partial charge is 0.151 e. The molecule has 2 heterocycles. The van der Waals surface area contributed by atoms with Crippen LogP contribution in [0.4, 0.5) is 0 Å². The largest absolute Gasteiger partial charge is 0.375 e. The summed E-state index contributed by atoms with van der Waals surface area (Å²) in [6, 6.07) is -0.273. The fourth-order valence-corrected chi connectivity index (χ4v) is 5.18. The van der Waals surface area contributed by atoms with E-state index < -0.39 is 15.1 Å². The molecule has 0 saturated carbocycles. The summed E-state index contributed by atoms with van der Waals surface area (Å²) in [5.74, 6) is 2.55. The van der Waals surface area contributed by atoms with Gasteiger partial charge in [0, 0.05) is 18.9 Å². The van der Waals surface area contributed by atoms with Gasteiger partial charge in [-0.05, 0) is 50.0 Å². The van der Waals surface area contributed by atoms with Crippen LogP contribution in [-0.2, 0) is 14.6 Å². The minimum Gasteiger partial charge on any atom is -0.375 e. The van der Waals surface area contributed by atoms with Crippen LogP contribution in [0.3, 0.4) is 0 Å². The Kier molecular flexibility index (Phi) is 4.86. The number of sulfone groups is 1. The molecule has 19 heavy (non-hydrogen) atoms. The molecule has 0 bridgehead atoms. The number of hydrogen-bond donors (Lipinski definition) is 1. The number of nitrogens with two attached hydrogens (primary N) is 1. The number of rotatable bonds is 3. The maximum atomic E-state index is 11.7. The normalized spacial score (nSPS) is 31.0. The number of ether oxygens (including phenoxy) is 1. The molecular weight excluding hydrogens is 282 g/mol. The van der Waals surface area contributed by atoms with Crippen molar-refractivity contribution in [3.05, 3.63) is 0 Å². The molecule has 112 valence electrons. The van der Waals surface area contributed by atoms with Crippen molar-refractivity contribution < 1.29 is 13.2 Å². The average Bonchev–Trinajstić information content (AvgIpc) is 2.37. The first-order chi connectivity index (χ1) is 8.84. The summed E-state index contributed by atoms with van der Waals surface area (Å²) in [4.78, 5) is 0. The van der Waals surface area contributed by atoms with Gasteiger partial charge in [0.2, 0.25) is 0 Å². The average molecular weight is 307 g/mol. The second kappa shape index (κ2) is 5.92. The molecule has 0 aliphatic carbocycles. The Morgan fingerprint density at radius 1 is 1.37 bits per heavy atom. The summed E-state index contributed by atoms with van der Waals surface area (Å²) >= 11 is 1.98. The van der Waals surface area contributed by atoms with Gasteiger partial charge in [0.25, 0.3) is 0 Å². The topological polar surface area (TPSA) is 69.4 Å². The SMILES string of the molecule is CC(C(N)C1CCOC2(CCSCC2)C1)S(C)(=O)=O. The Balaban J connectivity index is 2.04.